The molecule has 0 aliphatic heterocycles. The van der Waals surface area contributed by atoms with E-state index in [1.807, 2.05) is 37.3 Å². The first-order valence-corrected chi connectivity index (χ1v) is 8.12. The van der Waals surface area contributed by atoms with Crippen molar-refractivity contribution < 1.29 is 13.9 Å². The zero-order chi connectivity index (χ0) is 17.8. The van der Waals surface area contributed by atoms with Gasteiger partial charge in [0, 0.05) is 0 Å². The SMILES string of the molecule is Cc1oc(-c2ccccc2Cl)nc1COc1ccc(CC(N)=O)cc1. The van der Waals surface area contributed by atoms with Crippen LogP contribution in [0.4, 0.5) is 0 Å². The molecule has 25 heavy (non-hydrogen) atoms. The number of carbonyl (C=O) groups is 1. The Balaban J connectivity index is 1.70. The molecule has 0 saturated carbocycles. The van der Waals surface area contributed by atoms with Gasteiger partial charge in [0.1, 0.15) is 23.8 Å². The number of benzene rings is 2. The average Bonchev–Trinajstić information content (AvgIpc) is 2.95. The number of rotatable bonds is 6. The molecule has 2 aromatic carbocycles. The molecule has 0 spiro atoms. The third kappa shape index (κ3) is 4.19. The molecule has 0 atom stereocenters. The number of aromatic nitrogens is 1. The van der Waals surface area contributed by atoms with Crippen LogP contribution in [0.3, 0.4) is 0 Å². The van der Waals surface area contributed by atoms with Crippen LogP contribution in [0.1, 0.15) is 17.0 Å². The summed E-state index contributed by atoms with van der Waals surface area (Å²) in [5, 5.41) is 0.584. The van der Waals surface area contributed by atoms with Gasteiger partial charge >= 0.3 is 0 Å². The maximum Gasteiger partial charge on any atom is 0.228 e. The van der Waals surface area contributed by atoms with Crippen LogP contribution in [0.15, 0.2) is 52.9 Å². The van der Waals surface area contributed by atoms with Crippen LogP contribution in [0, 0.1) is 6.92 Å². The third-order valence-corrected chi connectivity index (χ3v) is 4.00. The van der Waals surface area contributed by atoms with E-state index in [1.165, 1.54) is 0 Å². The highest BCUT2D eigenvalue weighted by Crippen LogP contribution is 2.28. The number of hydrogen-bond acceptors (Lipinski definition) is 4. The molecular formula is C19H17ClN2O3. The van der Waals surface area contributed by atoms with Crippen molar-refractivity contribution in [1.29, 1.82) is 0 Å². The Kier molecular flexibility index (Phi) is 5.05. The maximum absolute atomic E-state index is 10.9. The van der Waals surface area contributed by atoms with E-state index in [4.69, 9.17) is 26.5 Å². The Bertz CT molecular complexity index is 888. The van der Waals surface area contributed by atoms with Crippen molar-refractivity contribution >= 4 is 17.5 Å². The van der Waals surface area contributed by atoms with Gasteiger partial charge in [-0.1, -0.05) is 35.9 Å². The predicted octanol–water partition coefficient (Wildman–Crippen LogP) is 3.91. The van der Waals surface area contributed by atoms with Crippen LogP contribution in [0.25, 0.3) is 11.5 Å². The zero-order valence-electron chi connectivity index (χ0n) is 13.7. The van der Waals surface area contributed by atoms with E-state index in [9.17, 15) is 4.79 Å². The number of oxazole rings is 1. The van der Waals surface area contributed by atoms with Crippen molar-refractivity contribution in [1.82, 2.24) is 4.98 Å². The normalized spacial score (nSPS) is 10.6. The van der Waals surface area contributed by atoms with Gasteiger partial charge in [-0.15, -0.1) is 0 Å². The molecule has 128 valence electrons. The molecule has 0 bridgehead atoms. The molecule has 0 aliphatic rings. The van der Waals surface area contributed by atoms with Crippen LogP contribution < -0.4 is 10.5 Å². The van der Waals surface area contributed by atoms with Crippen LogP contribution in [-0.4, -0.2) is 10.9 Å². The van der Waals surface area contributed by atoms with Crippen molar-refractivity contribution in [3.05, 3.63) is 70.6 Å². The van der Waals surface area contributed by atoms with Crippen molar-refractivity contribution in [3.63, 3.8) is 0 Å². The lowest BCUT2D eigenvalue weighted by atomic mass is 10.1. The highest BCUT2D eigenvalue weighted by Gasteiger charge is 2.14. The van der Waals surface area contributed by atoms with E-state index in [1.54, 1.807) is 18.2 Å². The molecule has 6 heteroatoms. The van der Waals surface area contributed by atoms with Crippen LogP contribution in [0.2, 0.25) is 5.02 Å². The number of halogens is 1. The van der Waals surface area contributed by atoms with Gasteiger partial charge in [-0.05, 0) is 36.8 Å². The highest BCUT2D eigenvalue weighted by atomic mass is 35.5. The lowest BCUT2D eigenvalue weighted by Crippen LogP contribution is -2.13. The first-order chi connectivity index (χ1) is 12.0. The van der Waals surface area contributed by atoms with Gasteiger partial charge < -0.3 is 14.9 Å². The minimum absolute atomic E-state index is 0.212. The van der Waals surface area contributed by atoms with E-state index in [0.29, 0.717) is 28.1 Å². The predicted molar refractivity (Wildman–Crippen MR) is 95.4 cm³/mol. The standard InChI is InChI=1S/C19H17ClN2O3/c1-12-17(22-19(25-12)15-4-2-3-5-16(15)20)11-24-14-8-6-13(7-9-14)10-18(21)23/h2-9H,10-11H2,1H3,(H2,21,23). The van der Waals surface area contributed by atoms with Gasteiger partial charge in [-0.25, -0.2) is 4.98 Å². The number of carbonyl (C=O) groups excluding carboxylic acids is 1. The molecule has 2 N–H and O–H groups in total. The van der Waals surface area contributed by atoms with E-state index >= 15 is 0 Å². The molecule has 5 nitrogen and oxygen atoms in total. The van der Waals surface area contributed by atoms with Gasteiger partial charge in [0.2, 0.25) is 11.8 Å². The van der Waals surface area contributed by atoms with Crippen LogP contribution >= 0.6 is 11.6 Å². The lowest BCUT2D eigenvalue weighted by Gasteiger charge is -2.05. The van der Waals surface area contributed by atoms with Gasteiger partial charge in [0.25, 0.3) is 0 Å². The number of ether oxygens (including phenoxy) is 1. The summed E-state index contributed by atoms with van der Waals surface area (Å²) < 4.78 is 11.4. The summed E-state index contributed by atoms with van der Waals surface area (Å²) >= 11 is 6.18. The van der Waals surface area contributed by atoms with Gasteiger partial charge in [-0.2, -0.15) is 0 Å². The highest BCUT2D eigenvalue weighted by molar-refractivity contribution is 6.33. The maximum atomic E-state index is 10.9. The second-order valence-corrected chi connectivity index (χ2v) is 5.98. The topological polar surface area (TPSA) is 78.3 Å². The van der Waals surface area contributed by atoms with Crippen molar-refractivity contribution in [3.8, 4) is 17.2 Å². The van der Waals surface area contributed by atoms with E-state index in [-0.39, 0.29) is 18.9 Å². The van der Waals surface area contributed by atoms with Crippen molar-refractivity contribution in [2.75, 3.05) is 0 Å². The minimum atomic E-state index is -0.362. The summed E-state index contributed by atoms with van der Waals surface area (Å²) in [5.41, 5.74) is 7.47. The summed E-state index contributed by atoms with van der Waals surface area (Å²) in [6, 6.07) is 14.6. The molecule has 0 saturated heterocycles. The van der Waals surface area contributed by atoms with E-state index < -0.39 is 0 Å². The van der Waals surface area contributed by atoms with Gasteiger partial charge in [0.15, 0.2) is 0 Å². The third-order valence-electron chi connectivity index (χ3n) is 3.67. The van der Waals surface area contributed by atoms with Gasteiger partial charge in [0.05, 0.1) is 17.0 Å². The number of primary amides is 1. The Labute approximate surface area is 150 Å². The van der Waals surface area contributed by atoms with Gasteiger partial charge in [-0.3, -0.25) is 4.79 Å². The van der Waals surface area contributed by atoms with Crippen molar-refractivity contribution in [2.24, 2.45) is 5.73 Å². The molecule has 3 rings (SSSR count). The number of aryl methyl sites for hydroxylation is 1. The fourth-order valence-corrected chi connectivity index (χ4v) is 2.58. The number of nitrogens with two attached hydrogens (primary N) is 1. The molecule has 1 aromatic heterocycles. The quantitative estimate of drug-likeness (QED) is 0.726. The minimum Gasteiger partial charge on any atom is -0.487 e. The number of nitrogens with zero attached hydrogens (tertiary/aromatic N) is 1. The largest absolute Gasteiger partial charge is 0.487 e. The lowest BCUT2D eigenvalue weighted by molar-refractivity contribution is -0.117. The summed E-state index contributed by atoms with van der Waals surface area (Å²) in [5.74, 6) is 1.47. The molecule has 1 amide bonds. The van der Waals surface area contributed by atoms with Crippen molar-refractivity contribution in [2.45, 2.75) is 20.0 Å². The molecule has 1 heterocycles. The Morgan fingerprint density at radius 1 is 1.20 bits per heavy atom. The Morgan fingerprint density at radius 2 is 1.92 bits per heavy atom. The summed E-state index contributed by atoms with van der Waals surface area (Å²) in [7, 11) is 0. The second kappa shape index (κ2) is 7.40. The van der Waals surface area contributed by atoms with E-state index in [2.05, 4.69) is 4.98 Å². The first-order valence-electron chi connectivity index (χ1n) is 7.74. The molecule has 3 aromatic rings. The van der Waals surface area contributed by atoms with Crippen LogP contribution in [0.5, 0.6) is 5.75 Å². The summed E-state index contributed by atoms with van der Waals surface area (Å²) in [4.78, 5) is 15.4. The first kappa shape index (κ1) is 17.0. The second-order valence-electron chi connectivity index (χ2n) is 5.58. The number of hydrogen-bond donors (Lipinski definition) is 1. The molecule has 0 fully saturated rings. The fraction of sp³-hybridized carbons (Fsp3) is 0.158. The molecule has 0 radical (unpaired) electrons. The fourth-order valence-electron chi connectivity index (χ4n) is 2.37. The zero-order valence-corrected chi connectivity index (χ0v) is 14.4. The summed E-state index contributed by atoms with van der Waals surface area (Å²) in [6.45, 7) is 2.11. The number of amides is 1. The van der Waals surface area contributed by atoms with E-state index in [0.717, 1.165) is 11.1 Å². The molecular weight excluding hydrogens is 340 g/mol. The van der Waals surface area contributed by atoms with Crippen LogP contribution in [-0.2, 0) is 17.8 Å². The molecule has 0 unspecified atom stereocenters. The Morgan fingerprint density at radius 3 is 2.60 bits per heavy atom. The average molecular weight is 357 g/mol. The molecule has 0 aliphatic carbocycles. The Hall–Kier alpha value is -2.79. The summed E-state index contributed by atoms with van der Waals surface area (Å²) in [6.07, 6.45) is 0.212. The monoisotopic (exact) mass is 356 g/mol. The smallest absolute Gasteiger partial charge is 0.228 e.